The van der Waals surface area contributed by atoms with Crippen LogP contribution >= 0.6 is 0 Å². The minimum Gasteiger partial charge on any atom is -0.192 e. The maximum Gasteiger partial charge on any atom is 0.0991 e. The molecule has 0 N–H and O–H groups in total. The summed E-state index contributed by atoms with van der Waals surface area (Å²) in [4.78, 5) is 0. The van der Waals surface area contributed by atoms with Gasteiger partial charge in [-0.15, -0.1) is 0 Å². The van der Waals surface area contributed by atoms with Crippen molar-refractivity contribution in [1.82, 2.24) is 0 Å². The Morgan fingerprint density at radius 2 is 1.75 bits per heavy atom. The van der Waals surface area contributed by atoms with Gasteiger partial charge in [-0.1, -0.05) is 43.5 Å². The number of allylic oxidation sites excluding steroid dienone is 1. The molecule has 0 atom stereocenters. The molecule has 0 amide bonds. The van der Waals surface area contributed by atoms with Gasteiger partial charge in [0.1, 0.15) is 0 Å². The summed E-state index contributed by atoms with van der Waals surface area (Å²) >= 11 is 0. The third-order valence-electron chi connectivity index (χ3n) is 3.25. The maximum atomic E-state index is 8.69. The first-order valence-electron chi connectivity index (χ1n) is 6.07. The Kier molecular flexibility index (Phi) is 3.77. The molecule has 1 aromatic carbocycles. The zero-order chi connectivity index (χ0) is 11.2. The van der Waals surface area contributed by atoms with E-state index in [1.807, 2.05) is 24.3 Å². The summed E-state index contributed by atoms with van der Waals surface area (Å²) in [5, 5.41) is 8.69. The van der Waals surface area contributed by atoms with Gasteiger partial charge in [-0.2, -0.15) is 5.26 Å². The SMILES string of the molecule is N#Cc1ccc(/C=C\C2CCCCC2)cc1. The summed E-state index contributed by atoms with van der Waals surface area (Å²) in [5.74, 6) is 0.768. The van der Waals surface area contributed by atoms with Gasteiger partial charge < -0.3 is 0 Å². The highest BCUT2D eigenvalue weighted by Crippen LogP contribution is 2.25. The average molecular weight is 211 g/mol. The Labute approximate surface area is 97.4 Å². The molecule has 0 radical (unpaired) electrons. The average Bonchev–Trinajstić information content (AvgIpc) is 2.38. The largest absolute Gasteiger partial charge is 0.192 e. The molecule has 1 aromatic rings. The fourth-order valence-corrected chi connectivity index (χ4v) is 2.24. The van der Waals surface area contributed by atoms with E-state index in [2.05, 4.69) is 18.2 Å². The molecule has 0 heterocycles. The number of benzene rings is 1. The predicted octanol–water partition coefficient (Wildman–Crippen LogP) is 4.15. The van der Waals surface area contributed by atoms with Crippen LogP contribution in [0.1, 0.15) is 43.2 Å². The highest BCUT2D eigenvalue weighted by atomic mass is 14.2. The lowest BCUT2D eigenvalue weighted by Crippen LogP contribution is -2.02. The molecular formula is C15H17N. The zero-order valence-corrected chi connectivity index (χ0v) is 9.52. The van der Waals surface area contributed by atoms with Gasteiger partial charge in [-0.05, 0) is 36.5 Å². The molecule has 1 fully saturated rings. The van der Waals surface area contributed by atoms with Crippen molar-refractivity contribution in [1.29, 1.82) is 5.26 Å². The van der Waals surface area contributed by atoms with Gasteiger partial charge >= 0.3 is 0 Å². The lowest BCUT2D eigenvalue weighted by Gasteiger charge is -2.17. The summed E-state index contributed by atoms with van der Waals surface area (Å²) in [6.45, 7) is 0. The molecule has 1 aliphatic carbocycles. The fourth-order valence-electron chi connectivity index (χ4n) is 2.24. The van der Waals surface area contributed by atoms with Crippen LogP contribution in [0.3, 0.4) is 0 Å². The second kappa shape index (κ2) is 5.51. The zero-order valence-electron chi connectivity index (χ0n) is 9.52. The Bertz CT molecular complexity index is 388. The van der Waals surface area contributed by atoms with Crippen molar-refractivity contribution in [2.24, 2.45) is 5.92 Å². The molecule has 1 heteroatoms. The van der Waals surface area contributed by atoms with Crippen molar-refractivity contribution in [3.8, 4) is 6.07 Å². The van der Waals surface area contributed by atoms with E-state index in [9.17, 15) is 0 Å². The number of nitriles is 1. The van der Waals surface area contributed by atoms with Crippen molar-refractivity contribution in [3.05, 3.63) is 41.5 Å². The van der Waals surface area contributed by atoms with Gasteiger partial charge in [0.05, 0.1) is 11.6 Å². The number of hydrogen-bond donors (Lipinski definition) is 0. The molecule has 16 heavy (non-hydrogen) atoms. The quantitative estimate of drug-likeness (QED) is 0.720. The van der Waals surface area contributed by atoms with Crippen LogP contribution in [0.2, 0.25) is 0 Å². The first kappa shape index (κ1) is 11.0. The standard InChI is InChI=1S/C15H17N/c16-12-15-10-8-14(9-11-15)7-6-13-4-2-1-3-5-13/h6-11,13H,1-5H2/b7-6-. The van der Waals surface area contributed by atoms with Crippen LogP contribution in [0.25, 0.3) is 6.08 Å². The summed E-state index contributed by atoms with van der Waals surface area (Å²) in [6.07, 6.45) is 11.4. The van der Waals surface area contributed by atoms with Gasteiger partial charge in [0.15, 0.2) is 0 Å². The third kappa shape index (κ3) is 2.97. The third-order valence-corrected chi connectivity index (χ3v) is 3.25. The number of nitrogens with zero attached hydrogens (tertiary/aromatic N) is 1. The Morgan fingerprint density at radius 1 is 1.06 bits per heavy atom. The van der Waals surface area contributed by atoms with Crippen LogP contribution in [0.5, 0.6) is 0 Å². The summed E-state index contributed by atoms with van der Waals surface area (Å²) < 4.78 is 0. The highest BCUT2D eigenvalue weighted by molar-refractivity contribution is 5.51. The monoisotopic (exact) mass is 211 g/mol. The first-order valence-corrected chi connectivity index (χ1v) is 6.07. The van der Waals surface area contributed by atoms with E-state index in [-0.39, 0.29) is 0 Å². The van der Waals surface area contributed by atoms with E-state index in [1.54, 1.807) is 0 Å². The van der Waals surface area contributed by atoms with E-state index in [4.69, 9.17) is 5.26 Å². The van der Waals surface area contributed by atoms with Gasteiger partial charge in [0.2, 0.25) is 0 Å². The van der Waals surface area contributed by atoms with E-state index >= 15 is 0 Å². The topological polar surface area (TPSA) is 23.8 Å². The second-order valence-electron chi connectivity index (χ2n) is 4.49. The molecule has 1 nitrogen and oxygen atoms in total. The fraction of sp³-hybridized carbons (Fsp3) is 0.400. The van der Waals surface area contributed by atoms with Gasteiger partial charge in [0.25, 0.3) is 0 Å². The molecule has 1 aliphatic rings. The Morgan fingerprint density at radius 3 is 2.38 bits per heavy atom. The van der Waals surface area contributed by atoms with E-state index < -0.39 is 0 Å². The minimum atomic E-state index is 0.731. The van der Waals surface area contributed by atoms with Gasteiger partial charge in [-0.25, -0.2) is 0 Å². The second-order valence-corrected chi connectivity index (χ2v) is 4.49. The molecule has 0 saturated heterocycles. The predicted molar refractivity (Wildman–Crippen MR) is 66.8 cm³/mol. The molecule has 0 aliphatic heterocycles. The first-order chi connectivity index (χ1) is 7.88. The van der Waals surface area contributed by atoms with E-state index in [1.165, 1.54) is 37.7 Å². The summed E-state index contributed by atoms with van der Waals surface area (Å²) in [6, 6.07) is 9.91. The molecular weight excluding hydrogens is 194 g/mol. The smallest absolute Gasteiger partial charge is 0.0991 e. The van der Waals surface area contributed by atoms with Crippen LogP contribution in [0.15, 0.2) is 30.3 Å². The van der Waals surface area contributed by atoms with E-state index in [0.29, 0.717) is 0 Å². The molecule has 0 bridgehead atoms. The van der Waals surface area contributed by atoms with Crippen molar-refractivity contribution < 1.29 is 0 Å². The molecule has 0 unspecified atom stereocenters. The number of rotatable bonds is 2. The highest BCUT2D eigenvalue weighted by Gasteiger charge is 2.09. The molecule has 1 saturated carbocycles. The molecule has 0 spiro atoms. The summed E-state index contributed by atoms with van der Waals surface area (Å²) in [5.41, 5.74) is 1.93. The Balaban J connectivity index is 1.97. The van der Waals surface area contributed by atoms with Crippen LogP contribution in [0.4, 0.5) is 0 Å². The summed E-state index contributed by atoms with van der Waals surface area (Å²) in [7, 11) is 0. The Hall–Kier alpha value is -1.55. The molecule has 82 valence electrons. The van der Waals surface area contributed by atoms with Gasteiger partial charge in [-0.3, -0.25) is 0 Å². The van der Waals surface area contributed by atoms with E-state index in [0.717, 1.165) is 11.5 Å². The lowest BCUT2D eigenvalue weighted by molar-refractivity contribution is 0.420. The number of hydrogen-bond acceptors (Lipinski definition) is 1. The minimum absolute atomic E-state index is 0.731. The van der Waals surface area contributed by atoms with Crippen LogP contribution in [-0.2, 0) is 0 Å². The van der Waals surface area contributed by atoms with Crippen molar-refractivity contribution in [2.75, 3.05) is 0 Å². The maximum absolute atomic E-state index is 8.69. The van der Waals surface area contributed by atoms with Crippen LogP contribution < -0.4 is 0 Å². The van der Waals surface area contributed by atoms with Crippen molar-refractivity contribution in [2.45, 2.75) is 32.1 Å². The van der Waals surface area contributed by atoms with Gasteiger partial charge in [0, 0.05) is 0 Å². The van der Waals surface area contributed by atoms with Crippen molar-refractivity contribution >= 4 is 6.08 Å². The molecule has 2 rings (SSSR count). The lowest BCUT2D eigenvalue weighted by atomic mass is 9.89. The normalized spacial score (nSPS) is 17.4. The van der Waals surface area contributed by atoms with Crippen LogP contribution in [-0.4, -0.2) is 0 Å². The molecule has 0 aromatic heterocycles. The van der Waals surface area contributed by atoms with Crippen LogP contribution in [0, 0.1) is 17.2 Å². The van der Waals surface area contributed by atoms with Crippen molar-refractivity contribution in [3.63, 3.8) is 0 Å².